The summed E-state index contributed by atoms with van der Waals surface area (Å²) in [5, 5.41) is 0.583. The molecule has 0 aliphatic heterocycles. The van der Waals surface area contributed by atoms with Crippen molar-refractivity contribution < 1.29 is 4.79 Å². The standard InChI is InChI=1S/C27H35N3O2/c1-6-8-9-14-25(31)29(17-7-2)21(5)26-28-23-13-11-10-12-22(23)27(32)30(26)24-16-15-19(3)18-20(24)4/h10-13,15-16,18,21H,6-9,14,17H2,1-5H3. The number of unbranched alkanes of at least 4 members (excludes halogenated alkanes) is 2. The molecule has 1 atom stereocenters. The third-order valence-corrected chi connectivity index (χ3v) is 6.02. The highest BCUT2D eigenvalue weighted by Gasteiger charge is 2.26. The summed E-state index contributed by atoms with van der Waals surface area (Å²) in [7, 11) is 0. The third-order valence-electron chi connectivity index (χ3n) is 6.02. The van der Waals surface area contributed by atoms with Crippen LogP contribution >= 0.6 is 0 Å². The molecule has 0 saturated heterocycles. The molecule has 0 bridgehead atoms. The Kier molecular flexibility index (Phi) is 7.84. The van der Waals surface area contributed by atoms with E-state index in [0.717, 1.165) is 42.5 Å². The lowest BCUT2D eigenvalue weighted by Gasteiger charge is -2.30. The molecule has 0 radical (unpaired) electrons. The van der Waals surface area contributed by atoms with Gasteiger partial charge in [-0.1, -0.05) is 56.5 Å². The van der Waals surface area contributed by atoms with E-state index in [1.807, 2.05) is 62.1 Å². The zero-order valence-electron chi connectivity index (χ0n) is 20.0. The van der Waals surface area contributed by atoms with Gasteiger partial charge in [0.05, 0.1) is 22.6 Å². The Morgan fingerprint density at radius 1 is 1.06 bits per heavy atom. The van der Waals surface area contributed by atoms with Crippen molar-refractivity contribution in [3.05, 3.63) is 69.8 Å². The van der Waals surface area contributed by atoms with E-state index in [-0.39, 0.29) is 17.5 Å². The van der Waals surface area contributed by atoms with Crippen LogP contribution in [0.2, 0.25) is 0 Å². The molecule has 3 aromatic rings. The van der Waals surface area contributed by atoms with Crippen molar-refractivity contribution in [2.75, 3.05) is 6.54 Å². The minimum absolute atomic E-state index is 0.0979. The number of rotatable bonds is 9. The molecule has 32 heavy (non-hydrogen) atoms. The van der Waals surface area contributed by atoms with Crippen molar-refractivity contribution in [3.63, 3.8) is 0 Å². The van der Waals surface area contributed by atoms with Gasteiger partial charge >= 0.3 is 0 Å². The van der Waals surface area contributed by atoms with E-state index in [4.69, 9.17) is 4.98 Å². The number of carbonyl (C=O) groups excluding carboxylic acids is 1. The molecule has 5 heteroatoms. The van der Waals surface area contributed by atoms with E-state index in [1.54, 1.807) is 4.57 Å². The first-order chi connectivity index (χ1) is 15.4. The molecular formula is C27H35N3O2. The minimum atomic E-state index is -0.318. The fourth-order valence-corrected chi connectivity index (χ4v) is 4.30. The Hall–Kier alpha value is -2.95. The maximum Gasteiger partial charge on any atom is 0.266 e. The summed E-state index contributed by atoms with van der Waals surface area (Å²) in [5.41, 5.74) is 3.53. The maximum absolute atomic E-state index is 13.7. The van der Waals surface area contributed by atoms with Gasteiger partial charge in [0.25, 0.3) is 5.56 Å². The predicted octanol–water partition coefficient (Wildman–Crippen LogP) is 5.88. The molecule has 0 fully saturated rings. The number of aryl methyl sites for hydroxylation is 2. The second-order valence-corrected chi connectivity index (χ2v) is 8.64. The smallest absolute Gasteiger partial charge is 0.266 e. The zero-order chi connectivity index (χ0) is 23.3. The minimum Gasteiger partial charge on any atom is -0.333 e. The SMILES string of the molecule is CCCCCC(=O)N(CCC)C(C)c1nc2ccccc2c(=O)n1-c1ccc(C)cc1C. The van der Waals surface area contributed by atoms with Crippen LogP contribution in [0.5, 0.6) is 0 Å². The molecule has 1 aromatic heterocycles. The van der Waals surface area contributed by atoms with Gasteiger partial charge in [-0.15, -0.1) is 0 Å². The lowest BCUT2D eigenvalue weighted by molar-refractivity contribution is -0.133. The number of amides is 1. The number of para-hydroxylation sites is 1. The Morgan fingerprint density at radius 2 is 1.81 bits per heavy atom. The molecule has 2 aromatic carbocycles. The van der Waals surface area contributed by atoms with Crippen molar-refractivity contribution in [1.82, 2.24) is 14.5 Å². The fourth-order valence-electron chi connectivity index (χ4n) is 4.30. The van der Waals surface area contributed by atoms with Gasteiger partial charge in [0.15, 0.2) is 0 Å². The molecule has 0 saturated carbocycles. The van der Waals surface area contributed by atoms with Crippen LogP contribution in [0.25, 0.3) is 16.6 Å². The van der Waals surface area contributed by atoms with Crippen molar-refractivity contribution >= 4 is 16.8 Å². The molecule has 1 heterocycles. The van der Waals surface area contributed by atoms with Crippen LogP contribution in [0.1, 0.15) is 75.9 Å². The van der Waals surface area contributed by atoms with Crippen LogP contribution in [0.3, 0.4) is 0 Å². The largest absolute Gasteiger partial charge is 0.333 e. The second-order valence-electron chi connectivity index (χ2n) is 8.64. The number of aromatic nitrogens is 2. The number of hydrogen-bond acceptors (Lipinski definition) is 3. The van der Waals surface area contributed by atoms with E-state index in [9.17, 15) is 9.59 Å². The number of fused-ring (bicyclic) bond motifs is 1. The van der Waals surface area contributed by atoms with E-state index in [1.165, 1.54) is 0 Å². The van der Waals surface area contributed by atoms with Gasteiger partial charge in [-0.25, -0.2) is 4.98 Å². The van der Waals surface area contributed by atoms with Gasteiger partial charge in [-0.3, -0.25) is 14.2 Å². The second kappa shape index (κ2) is 10.6. The summed E-state index contributed by atoms with van der Waals surface area (Å²) < 4.78 is 1.71. The first kappa shape index (κ1) is 23.7. The van der Waals surface area contributed by atoms with E-state index < -0.39 is 0 Å². The number of nitrogens with zero attached hydrogens (tertiary/aromatic N) is 3. The Labute approximate surface area is 191 Å². The van der Waals surface area contributed by atoms with Crippen LogP contribution in [0.15, 0.2) is 47.3 Å². The predicted molar refractivity (Wildman–Crippen MR) is 131 cm³/mol. The van der Waals surface area contributed by atoms with Gasteiger partial charge in [0.1, 0.15) is 5.82 Å². The number of carbonyl (C=O) groups is 1. The molecule has 1 amide bonds. The molecule has 0 aliphatic carbocycles. The summed E-state index contributed by atoms with van der Waals surface area (Å²) in [6, 6.07) is 13.2. The van der Waals surface area contributed by atoms with Gasteiger partial charge in [-0.05, 0) is 57.4 Å². The monoisotopic (exact) mass is 433 g/mol. The quantitative estimate of drug-likeness (QED) is 0.396. The molecule has 3 rings (SSSR count). The zero-order valence-corrected chi connectivity index (χ0v) is 20.0. The summed E-state index contributed by atoms with van der Waals surface area (Å²) >= 11 is 0. The highest BCUT2D eigenvalue weighted by molar-refractivity contribution is 5.79. The van der Waals surface area contributed by atoms with Crippen LogP contribution in [-0.2, 0) is 4.79 Å². The lowest BCUT2D eigenvalue weighted by Crippen LogP contribution is -2.38. The summed E-state index contributed by atoms with van der Waals surface area (Å²) in [4.78, 5) is 33.6. The molecule has 5 nitrogen and oxygen atoms in total. The van der Waals surface area contributed by atoms with Crippen molar-refractivity contribution in [2.45, 2.75) is 72.8 Å². The van der Waals surface area contributed by atoms with Crippen LogP contribution in [-0.4, -0.2) is 26.9 Å². The summed E-state index contributed by atoms with van der Waals surface area (Å²) in [5.74, 6) is 0.736. The summed E-state index contributed by atoms with van der Waals surface area (Å²) in [6.45, 7) is 10.9. The van der Waals surface area contributed by atoms with Gasteiger partial charge in [0, 0.05) is 13.0 Å². The van der Waals surface area contributed by atoms with Gasteiger partial charge in [-0.2, -0.15) is 0 Å². The topological polar surface area (TPSA) is 55.2 Å². The molecule has 170 valence electrons. The van der Waals surface area contributed by atoms with Crippen LogP contribution < -0.4 is 5.56 Å². The Morgan fingerprint density at radius 3 is 2.50 bits per heavy atom. The highest BCUT2D eigenvalue weighted by atomic mass is 16.2. The van der Waals surface area contributed by atoms with Crippen LogP contribution in [0, 0.1) is 13.8 Å². The normalized spacial score (nSPS) is 12.2. The van der Waals surface area contributed by atoms with Crippen molar-refractivity contribution in [1.29, 1.82) is 0 Å². The first-order valence-electron chi connectivity index (χ1n) is 11.8. The van der Waals surface area contributed by atoms with Gasteiger partial charge in [0.2, 0.25) is 5.91 Å². The lowest BCUT2D eigenvalue weighted by atomic mass is 10.1. The Balaban J connectivity index is 2.18. The molecule has 0 aliphatic rings. The van der Waals surface area contributed by atoms with Gasteiger partial charge < -0.3 is 4.90 Å². The van der Waals surface area contributed by atoms with Crippen molar-refractivity contribution in [2.24, 2.45) is 0 Å². The molecular weight excluding hydrogens is 398 g/mol. The fraction of sp³-hybridized carbons (Fsp3) is 0.444. The molecule has 0 N–H and O–H groups in total. The third kappa shape index (κ3) is 4.93. The van der Waals surface area contributed by atoms with E-state index in [2.05, 4.69) is 19.9 Å². The first-order valence-corrected chi connectivity index (χ1v) is 11.8. The molecule has 1 unspecified atom stereocenters. The van der Waals surface area contributed by atoms with E-state index in [0.29, 0.717) is 29.7 Å². The average Bonchev–Trinajstić information content (AvgIpc) is 2.78. The maximum atomic E-state index is 13.7. The number of hydrogen-bond donors (Lipinski definition) is 0. The number of benzene rings is 2. The van der Waals surface area contributed by atoms with Crippen molar-refractivity contribution in [3.8, 4) is 5.69 Å². The molecule has 0 spiro atoms. The Bertz CT molecular complexity index is 1150. The van der Waals surface area contributed by atoms with Crippen LogP contribution in [0.4, 0.5) is 0 Å². The average molecular weight is 434 g/mol. The van der Waals surface area contributed by atoms with E-state index >= 15 is 0 Å². The highest BCUT2D eigenvalue weighted by Crippen LogP contribution is 2.25. The summed E-state index contributed by atoms with van der Waals surface area (Å²) in [6.07, 6.45) is 4.39.